The molecule has 0 aromatic rings. The van der Waals surface area contributed by atoms with Crippen LogP contribution >= 0.6 is 0 Å². The maximum Gasteiger partial charge on any atom is 0.407 e. The lowest BCUT2D eigenvalue weighted by Gasteiger charge is -2.22. The number of nitrogens with one attached hydrogen (secondary N) is 2. The molecule has 2 N–H and O–H groups in total. The number of hydrogen-bond acceptors (Lipinski definition) is 6. The van der Waals surface area contributed by atoms with Crippen molar-refractivity contribution in [3.8, 4) is 0 Å². The van der Waals surface area contributed by atoms with Crippen LogP contribution in [0.15, 0.2) is 0 Å². The molecule has 0 saturated carbocycles. The Kier molecular flexibility index (Phi) is 7.72. The largest absolute Gasteiger partial charge is 0.467 e. The normalized spacial score (nSPS) is 12.5. The van der Waals surface area contributed by atoms with Crippen molar-refractivity contribution in [1.29, 1.82) is 0 Å². The average Bonchev–Trinajstić information content (AvgIpc) is 2.30. The minimum Gasteiger partial charge on any atom is -0.467 e. The molecule has 0 fully saturated rings. The van der Waals surface area contributed by atoms with Crippen LogP contribution in [0.2, 0.25) is 0 Å². The van der Waals surface area contributed by atoms with Gasteiger partial charge in [0.15, 0.2) is 0 Å². The van der Waals surface area contributed by atoms with Crippen molar-refractivity contribution < 1.29 is 23.9 Å². The van der Waals surface area contributed by atoms with Crippen LogP contribution in [0.5, 0.6) is 0 Å². The highest BCUT2D eigenvalue weighted by Gasteiger charge is 2.24. The first-order chi connectivity index (χ1) is 9.55. The van der Waals surface area contributed by atoms with Gasteiger partial charge in [-0.1, -0.05) is 0 Å². The van der Waals surface area contributed by atoms with E-state index in [1.807, 2.05) is 0 Å². The lowest BCUT2D eigenvalue weighted by Crippen LogP contribution is -2.51. The fourth-order valence-corrected chi connectivity index (χ4v) is 1.36. The minimum atomic E-state index is -0.963. The highest BCUT2D eigenvalue weighted by atomic mass is 16.6. The quantitative estimate of drug-likeness (QED) is 0.656. The van der Waals surface area contributed by atoms with Crippen LogP contribution in [-0.2, 0) is 19.1 Å². The average molecular weight is 303 g/mol. The van der Waals surface area contributed by atoms with Gasteiger partial charge in [0.05, 0.1) is 20.2 Å². The van der Waals surface area contributed by atoms with Crippen LogP contribution in [-0.4, -0.2) is 68.8 Å². The first kappa shape index (κ1) is 19.2. The molecule has 1 atom stereocenters. The van der Waals surface area contributed by atoms with E-state index >= 15 is 0 Å². The van der Waals surface area contributed by atoms with Crippen molar-refractivity contribution in [1.82, 2.24) is 15.5 Å². The van der Waals surface area contributed by atoms with Gasteiger partial charge in [-0.3, -0.25) is 4.79 Å². The van der Waals surface area contributed by atoms with Crippen molar-refractivity contribution in [3.63, 3.8) is 0 Å². The third-order valence-corrected chi connectivity index (χ3v) is 2.13. The molecule has 0 aliphatic carbocycles. The van der Waals surface area contributed by atoms with E-state index in [9.17, 15) is 14.4 Å². The zero-order valence-electron chi connectivity index (χ0n) is 13.5. The van der Waals surface area contributed by atoms with E-state index < -0.39 is 23.7 Å². The van der Waals surface area contributed by atoms with Gasteiger partial charge in [-0.2, -0.15) is 0 Å². The predicted octanol–water partition coefficient (Wildman–Crippen LogP) is -0.269. The number of likely N-dealkylation sites (N-methyl/N-ethyl adjacent to an activating group) is 1. The van der Waals surface area contributed by atoms with E-state index in [1.54, 1.807) is 39.8 Å². The summed E-state index contributed by atoms with van der Waals surface area (Å²) in [5.41, 5.74) is -0.640. The number of rotatable bonds is 6. The van der Waals surface area contributed by atoms with Crippen molar-refractivity contribution in [2.45, 2.75) is 32.4 Å². The molecule has 0 unspecified atom stereocenters. The van der Waals surface area contributed by atoms with Crippen molar-refractivity contribution >= 4 is 18.0 Å². The van der Waals surface area contributed by atoms with E-state index in [1.165, 1.54) is 7.11 Å². The van der Waals surface area contributed by atoms with Gasteiger partial charge < -0.3 is 25.0 Å². The summed E-state index contributed by atoms with van der Waals surface area (Å²) in [6, 6.07) is -0.963. The Labute approximate surface area is 125 Å². The van der Waals surface area contributed by atoms with Crippen LogP contribution in [0.4, 0.5) is 4.79 Å². The molecule has 0 radical (unpaired) electrons. The molecule has 0 aliphatic heterocycles. The molecule has 0 aliphatic rings. The Morgan fingerprint density at radius 3 is 2.19 bits per heavy atom. The molecule has 0 bridgehead atoms. The number of carbonyl (C=O) groups is 3. The summed E-state index contributed by atoms with van der Waals surface area (Å²) in [6.07, 6.45) is -0.668. The molecule has 2 amide bonds. The van der Waals surface area contributed by atoms with Crippen LogP contribution in [0.3, 0.4) is 0 Å². The summed E-state index contributed by atoms with van der Waals surface area (Å²) < 4.78 is 9.64. The fourth-order valence-electron chi connectivity index (χ4n) is 1.36. The van der Waals surface area contributed by atoms with E-state index in [2.05, 4.69) is 15.4 Å². The molecular weight excluding hydrogens is 278 g/mol. The van der Waals surface area contributed by atoms with E-state index in [4.69, 9.17) is 4.74 Å². The highest BCUT2D eigenvalue weighted by molar-refractivity contribution is 5.86. The van der Waals surface area contributed by atoms with E-state index in [0.717, 1.165) is 0 Å². The number of alkyl carbamates (subject to hydrolysis) is 1. The SMILES string of the molecule is COC(=O)[C@H](CNC(=O)OC(C)(C)C)NC(=O)CN(C)C. The molecule has 0 spiro atoms. The monoisotopic (exact) mass is 303 g/mol. The molecule has 21 heavy (non-hydrogen) atoms. The standard InChI is InChI=1S/C13H25N3O5/c1-13(2,3)21-12(19)14-7-9(11(18)20-6)15-10(17)8-16(4)5/h9H,7-8H2,1-6H3,(H,14,19)(H,15,17)/t9-/m0/s1. The summed E-state index contributed by atoms with van der Waals surface area (Å²) in [5, 5.41) is 4.91. The topological polar surface area (TPSA) is 97.0 Å². The maximum atomic E-state index is 11.7. The first-order valence-electron chi connectivity index (χ1n) is 6.54. The van der Waals surface area contributed by atoms with Gasteiger partial charge in [0.1, 0.15) is 11.6 Å². The lowest BCUT2D eigenvalue weighted by molar-refractivity contribution is -0.145. The van der Waals surface area contributed by atoms with Gasteiger partial charge >= 0.3 is 12.1 Å². The van der Waals surface area contributed by atoms with Gasteiger partial charge in [0.2, 0.25) is 5.91 Å². The molecule has 0 heterocycles. The first-order valence-corrected chi connectivity index (χ1v) is 6.54. The second kappa shape index (κ2) is 8.46. The van der Waals surface area contributed by atoms with E-state index in [0.29, 0.717) is 0 Å². The van der Waals surface area contributed by atoms with E-state index in [-0.39, 0.29) is 19.0 Å². The predicted molar refractivity (Wildman–Crippen MR) is 76.7 cm³/mol. The van der Waals surface area contributed by atoms with Crippen molar-refractivity contribution in [3.05, 3.63) is 0 Å². The summed E-state index contributed by atoms with van der Waals surface area (Å²) in [6.45, 7) is 5.19. The fraction of sp³-hybridized carbons (Fsp3) is 0.769. The van der Waals surface area contributed by atoms with Gasteiger partial charge in [0.25, 0.3) is 0 Å². The lowest BCUT2D eigenvalue weighted by atomic mass is 10.2. The third-order valence-electron chi connectivity index (χ3n) is 2.13. The Morgan fingerprint density at radius 1 is 1.19 bits per heavy atom. The second-order valence-corrected chi connectivity index (χ2v) is 5.76. The van der Waals surface area contributed by atoms with Crippen LogP contribution in [0, 0.1) is 0 Å². The molecule has 0 aromatic heterocycles. The zero-order chi connectivity index (χ0) is 16.6. The number of ether oxygens (including phenoxy) is 2. The smallest absolute Gasteiger partial charge is 0.407 e. The molecule has 122 valence electrons. The molecule has 0 rings (SSSR count). The summed E-state index contributed by atoms with van der Waals surface area (Å²) >= 11 is 0. The number of nitrogens with zero attached hydrogens (tertiary/aromatic N) is 1. The van der Waals surface area contributed by atoms with Gasteiger partial charge in [0, 0.05) is 0 Å². The molecule has 0 aromatic carbocycles. The van der Waals surface area contributed by atoms with Gasteiger partial charge in [-0.15, -0.1) is 0 Å². The molecule has 8 heteroatoms. The third kappa shape index (κ3) is 9.67. The van der Waals surface area contributed by atoms with Gasteiger partial charge in [-0.25, -0.2) is 9.59 Å². The number of amides is 2. The van der Waals surface area contributed by atoms with Crippen LogP contribution in [0.1, 0.15) is 20.8 Å². The van der Waals surface area contributed by atoms with Crippen LogP contribution in [0.25, 0.3) is 0 Å². The van der Waals surface area contributed by atoms with Gasteiger partial charge in [-0.05, 0) is 34.9 Å². The Morgan fingerprint density at radius 2 is 1.76 bits per heavy atom. The summed E-state index contributed by atoms with van der Waals surface area (Å²) in [7, 11) is 4.66. The Hall–Kier alpha value is -1.83. The zero-order valence-corrected chi connectivity index (χ0v) is 13.5. The maximum absolute atomic E-state index is 11.7. The number of hydrogen-bond donors (Lipinski definition) is 2. The second-order valence-electron chi connectivity index (χ2n) is 5.76. The number of carbonyl (C=O) groups excluding carboxylic acids is 3. The number of esters is 1. The Balaban J connectivity index is 4.47. The molecular formula is C13H25N3O5. The minimum absolute atomic E-state index is 0.110. The molecule has 0 saturated heterocycles. The van der Waals surface area contributed by atoms with Crippen molar-refractivity contribution in [2.75, 3.05) is 34.3 Å². The molecule has 8 nitrogen and oxygen atoms in total. The number of methoxy groups -OCH3 is 1. The highest BCUT2D eigenvalue weighted by Crippen LogP contribution is 2.06. The summed E-state index contributed by atoms with van der Waals surface area (Å²) in [4.78, 5) is 36.4. The van der Waals surface area contributed by atoms with Crippen molar-refractivity contribution in [2.24, 2.45) is 0 Å². The van der Waals surface area contributed by atoms with Crippen LogP contribution < -0.4 is 10.6 Å². The summed E-state index contributed by atoms with van der Waals surface area (Å²) in [5.74, 6) is -0.987. The Bertz CT molecular complexity index is 376.